The van der Waals surface area contributed by atoms with Gasteiger partial charge in [0.1, 0.15) is 11.6 Å². The molecule has 9 nitrogen and oxygen atoms in total. The quantitative estimate of drug-likeness (QED) is 0.551. The highest BCUT2D eigenvalue weighted by Crippen LogP contribution is 2.29. The zero-order valence-corrected chi connectivity index (χ0v) is 16.2. The summed E-state index contributed by atoms with van der Waals surface area (Å²) in [6.45, 7) is -0.406. The van der Waals surface area contributed by atoms with E-state index >= 15 is 0 Å². The number of hydrogen-bond acceptors (Lipinski definition) is 8. The van der Waals surface area contributed by atoms with E-state index in [1.807, 2.05) is 0 Å². The van der Waals surface area contributed by atoms with Gasteiger partial charge in [-0.1, -0.05) is 11.8 Å². The molecular formula is C17H16F2N6O3S. The van der Waals surface area contributed by atoms with Crippen LogP contribution < -0.4 is 14.8 Å². The van der Waals surface area contributed by atoms with Crippen LogP contribution in [0.15, 0.2) is 35.6 Å². The minimum absolute atomic E-state index is 0.143. The van der Waals surface area contributed by atoms with Crippen molar-refractivity contribution in [2.24, 2.45) is 7.05 Å². The van der Waals surface area contributed by atoms with Gasteiger partial charge in [-0.15, -0.1) is 5.10 Å². The first-order valence-electron chi connectivity index (χ1n) is 8.22. The molecule has 2 heterocycles. The van der Waals surface area contributed by atoms with Gasteiger partial charge in [0.15, 0.2) is 18.1 Å². The predicted molar refractivity (Wildman–Crippen MR) is 99.6 cm³/mol. The highest BCUT2D eigenvalue weighted by molar-refractivity contribution is 7.98. The third kappa shape index (κ3) is 5.38. The lowest BCUT2D eigenvalue weighted by atomic mass is 10.3. The van der Waals surface area contributed by atoms with Gasteiger partial charge < -0.3 is 14.8 Å². The summed E-state index contributed by atoms with van der Waals surface area (Å²) in [7, 11) is 3.17. The van der Waals surface area contributed by atoms with E-state index in [1.54, 1.807) is 13.1 Å². The Morgan fingerprint density at radius 1 is 1.28 bits per heavy atom. The minimum atomic E-state index is -0.877. The molecule has 3 aromatic rings. The van der Waals surface area contributed by atoms with Crippen LogP contribution in [0, 0.1) is 11.6 Å². The summed E-state index contributed by atoms with van der Waals surface area (Å²) in [6, 6.07) is 4.48. The van der Waals surface area contributed by atoms with Crippen LogP contribution in [0.4, 0.5) is 14.5 Å². The van der Waals surface area contributed by atoms with Crippen LogP contribution in [0.1, 0.15) is 5.69 Å². The first-order valence-corrected chi connectivity index (χ1v) is 9.20. The van der Waals surface area contributed by atoms with Gasteiger partial charge in [0.05, 0.1) is 24.7 Å². The molecule has 1 amide bonds. The number of aromatic nitrogens is 5. The van der Waals surface area contributed by atoms with Gasteiger partial charge in [0.2, 0.25) is 5.16 Å². The SMILES string of the molecule is COc1cnc(CSc2nnnn2C)cc1OCC(=O)Nc1ccc(F)cc1F. The van der Waals surface area contributed by atoms with Gasteiger partial charge in [0.25, 0.3) is 5.91 Å². The number of thioether (sulfide) groups is 1. The minimum Gasteiger partial charge on any atom is -0.491 e. The molecule has 0 atom stereocenters. The molecule has 1 N–H and O–H groups in total. The molecule has 0 spiro atoms. The van der Waals surface area contributed by atoms with Crippen molar-refractivity contribution in [2.75, 3.05) is 19.0 Å². The lowest BCUT2D eigenvalue weighted by Gasteiger charge is -2.12. The number of pyridine rings is 1. The predicted octanol–water partition coefficient (Wildman–Crippen LogP) is 2.20. The number of halogens is 2. The number of anilines is 1. The van der Waals surface area contributed by atoms with E-state index < -0.39 is 24.1 Å². The van der Waals surface area contributed by atoms with Crippen LogP contribution in [0.5, 0.6) is 11.5 Å². The molecule has 0 aliphatic rings. The van der Waals surface area contributed by atoms with Crippen molar-refractivity contribution in [1.82, 2.24) is 25.2 Å². The van der Waals surface area contributed by atoms with E-state index in [2.05, 4.69) is 25.8 Å². The number of nitrogens with one attached hydrogen (secondary N) is 1. The highest BCUT2D eigenvalue weighted by atomic mass is 32.2. The summed E-state index contributed by atoms with van der Waals surface area (Å²) in [4.78, 5) is 16.3. The summed E-state index contributed by atoms with van der Waals surface area (Å²) >= 11 is 1.37. The second-order valence-electron chi connectivity index (χ2n) is 5.66. The molecule has 0 bridgehead atoms. The molecule has 0 aliphatic carbocycles. The van der Waals surface area contributed by atoms with E-state index in [4.69, 9.17) is 9.47 Å². The second-order valence-corrected chi connectivity index (χ2v) is 6.60. The molecule has 29 heavy (non-hydrogen) atoms. The number of carbonyl (C=O) groups excluding carboxylic acids is 1. The maximum Gasteiger partial charge on any atom is 0.262 e. The number of ether oxygens (including phenoxy) is 2. The number of benzene rings is 1. The van der Waals surface area contributed by atoms with Crippen molar-refractivity contribution < 1.29 is 23.0 Å². The third-order valence-electron chi connectivity index (χ3n) is 3.60. The zero-order chi connectivity index (χ0) is 20.8. The van der Waals surface area contributed by atoms with Crippen LogP contribution in [0.25, 0.3) is 0 Å². The molecule has 0 unspecified atom stereocenters. The normalized spacial score (nSPS) is 10.6. The number of amides is 1. The van der Waals surface area contributed by atoms with Crippen molar-refractivity contribution in [3.8, 4) is 11.5 Å². The monoisotopic (exact) mass is 422 g/mol. The molecule has 0 aliphatic heterocycles. The van der Waals surface area contributed by atoms with Crippen molar-refractivity contribution >= 4 is 23.4 Å². The molecule has 0 saturated carbocycles. The molecule has 2 aromatic heterocycles. The fraction of sp³-hybridized carbons (Fsp3) is 0.235. The summed E-state index contributed by atoms with van der Waals surface area (Å²) in [5.41, 5.74) is 0.509. The fourth-order valence-electron chi connectivity index (χ4n) is 2.21. The van der Waals surface area contributed by atoms with Gasteiger partial charge >= 0.3 is 0 Å². The van der Waals surface area contributed by atoms with Crippen molar-refractivity contribution in [3.63, 3.8) is 0 Å². The molecule has 12 heteroatoms. The number of methoxy groups -OCH3 is 1. The highest BCUT2D eigenvalue weighted by Gasteiger charge is 2.13. The van der Waals surface area contributed by atoms with Crippen LogP contribution in [0.2, 0.25) is 0 Å². The maximum atomic E-state index is 13.6. The van der Waals surface area contributed by atoms with E-state index in [0.29, 0.717) is 34.2 Å². The number of aryl methyl sites for hydroxylation is 1. The van der Waals surface area contributed by atoms with Crippen LogP contribution >= 0.6 is 11.8 Å². The smallest absolute Gasteiger partial charge is 0.262 e. The lowest BCUT2D eigenvalue weighted by Crippen LogP contribution is -2.21. The molecule has 0 radical (unpaired) electrons. The number of nitrogens with zero attached hydrogens (tertiary/aromatic N) is 5. The first-order chi connectivity index (χ1) is 14.0. The van der Waals surface area contributed by atoms with Crippen molar-refractivity contribution in [1.29, 1.82) is 0 Å². The number of hydrogen-bond donors (Lipinski definition) is 1. The maximum absolute atomic E-state index is 13.6. The Bertz CT molecular complexity index is 1020. The average molecular weight is 422 g/mol. The van der Waals surface area contributed by atoms with Crippen molar-refractivity contribution in [3.05, 3.63) is 47.8 Å². The van der Waals surface area contributed by atoms with E-state index in [1.165, 1.54) is 29.8 Å². The second kappa shape index (κ2) is 9.28. The standard InChI is InChI=1S/C17H16F2N6O3S/c1-25-17(22-23-24-25)29-9-11-6-14(15(27-2)7-20-11)28-8-16(26)21-13-4-3-10(18)5-12(13)19/h3-7H,8-9H2,1-2H3,(H,21,26). The fourth-order valence-corrected chi connectivity index (χ4v) is 2.96. The summed E-state index contributed by atoms with van der Waals surface area (Å²) in [5, 5.41) is 14.1. The van der Waals surface area contributed by atoms with Gasteiger partial charge in [-0.25, -0.2) is 13.5 Å². The topological polar surface area (TPSA) is 104 Å². The molecule has 0 saturated heterocycles. The lowest BCUT2D eigenvalue weighted by molar-refractivity contribution is -0.118. The molecule has 152 valence electrons. The van der Waals surface area contributed by atoms with E-state index in [0.717, 1.165) is 12.1 Å². The van der Waals surface area contributed by atoms with Gasteiger partial charge in [0, 0.05) is 24.9 Å². The Morgan fingerprint density at radius 3 is 2.79 bits per heavy atom. The Balaban J connectivity index is 1.62. The number of rotatable bonds is 8. The van der Waals surface area contributed by atoms with Gasteiger partial charge in [-0.05, 0) is 22.6 Å². The summed E-state index contributed by atoms with van der Waals surface area (Å²) < 4.78 is 38.8. The summed E-state index contributed by atoms with van der Waals surface area (Å²) in [5.74, 6) is -1.14. The molecule has 1 aromatic carbocycles. The average Bonchev–Trinajstić information content (AvgIpc) is 3.11. The number of tetrazole rings is 1. The third-order valence-corrected chi connectivity index (χ3v) is 4.65. The Morgan fingerprint density at radius 2 is 2.10 bits per heavy atom. The van der Waals surface area contributed by atoms with Crippen molar-refractivity contribution in [2.45, 2.75) is 10.9 Å². The largest absolute Gasteiger partial charge is 0.491 e. The number of carbonyl (C=O) groups is 1. The Hall–Kier alpha value is -3.28. The zero-order valence-electron chi connectivity index (χ0n) is 15.4. The first kappa shape index (κ1) is 20.5. The van der Waals surface area contributed by atoms with E-state index in [-0.39, 0.29) is 5.69 Å². The molecule has 3 rings (SSSR count). The summed E-state index contributed by atoms with van der Waals surface area (Å²) in [6.07, 6.45) is 1.47. The van der Waals surface area contributed by atoms with E-state index in [9.17, 15) is 13.6 Å². The molecule has 0 fully saturated rings. The van der Waals surface area contributed by atoms with Gasteiger partial charge in [-0.3, -0.25) is 9.78 Å². The van der Waals surface area contributed by atoms with Crippen LogP contribution in [-0.4, -0.2) is 44.8 Å². The molecular weight excluding hydrogens is 406 g/mol. The van der Waals surface area contributed by atoms with Crippen LogP contribution in [-0.2, 0) is 17.6 Å². The van der Waals surface area contributed by atoms with Crippen LogP contribution in [0.3, 0.4) is 0 Å². The Labute approximate surface area is 168 Å². The van der Waals surface area contributed by atoms with Gasteiger partial charge in [-0.2, -0.15) is 0 Å². The Kier molecular flexibility index (Phi) is 6.54.